The third-order valence-electron chi connectivity index (χ3n) is 4.45. The monoisotopic (exact) mass is 354 g/mol. The number of fused-ring (bicyclic) bond motifs is 1. The molecular weight excluding hydrogens is 335 g/mol. The standard InChI is InChI=1S/C19H19FN4O2/c20-14-5-7-15(8-6-14)21-22-18-16-3-1-2-4-17(16)24(19(18)25)13-23-9-11-26-12-10-23/h1-8,25H,9-13H2. The molecule has 4 rings (SSSR count). The van der Waals surface area contributed by atoms with Crippen LogP contribution in [0.1, 0.15) is 0 Å². The van der Waals surface area contributed by atoms with Gasteiger partial charge in [-0.15, -0.1) is 5.11 Å². The summed E-state index contributed by atoms with van der Waals surface area (Å²) in [6.45, 7) is 3.58. The van der Waals surface area contributed by atoms with Crippen LogP contribution in [-0.4, -0.2) is 40.9 Å². The highest BCUT2D eigenvalue weighted by molar-refractivity contribution is 5.95. The van der Waals surface area contributed by atoms with Crippen LogP contribution in [0.5, 0.6) is 5.88 Å². The summed E-state index contributed by atoms with van der Waals surface area (Å²) in [5, 5.41) is 20.0. The van der Waals surface area contributed by atoms with Crippen molar-refractivity contribution in [2.24, 2.45) is 10.2 Å². The second kappa shape index (κ2) is 7.23. The van der Waals surface area contributed by atoms with Crippen LogP contribution < -0.4 is 0 Å². The second-order valence-electron chi connectivity index (χ2n) is 6.17. The van der Waals surface area contributed by atoms with Crippen LogP contribution in [-0.2, 0) is 11.4 Å². The summed E-state index contributed by atoms with van der Waals surface area (Å²) >= 11 is 0. The molecule has 26 heavy (non-hydrogen) atoms. The van der Waals surface area contributed by atoms with E-state index in [0.717, 1.165) is 24.0 Å². The molecule has 0 aliphatic carbocycles. The highest BCUT2D eigenvalue weighted by Crippen LogP contribution is 2.39. The van der Waals surface area contributed by atoms with Crippen LogP contribution in [0, 0.1) is 5.82 Å². The number of azo groups is 1. The molecule has 0 amide bonds. The molecule has 1 aliphatic rings. The van der Waals surface area contributed by atoms with Crippen LogP contribution >= 0.6 is 0 Å². The maximum Gasteiger partial charge on any atom is 0.221 e. The highest BCUT2D eigenvalue weighted by Gasteiger charge is 2.19. The molecule has 0 saturated carbocycles. The zero-order valence-corrected chi connectivity index (χ0v) is 14.2. The van der Waals surface area contributed by atoms with E-state index in [9.17, 15) is 9.50 Å². The van der Waals surface area contributed by atoms with Gasteiger partial charge in [0.1, 0.15) is 5.82 Å². The van der Waals surface area contributed by atoms with Gasteiger partial charge in [-0.25, -0.2) is 4.39 Å². The quantitative estimate of drug-likeness (QED) is 0.715. The Morgan fingerprint density at radius 1 is 1.00 bits per heavy atom. The summed E-state index contributed by atoms with van der Waals surface area (Å²) in [5.41, 5.74) is 1.83. The Kier molecular flexibility index (Phi) is 4.64. The number of ether oxygens (including phenoxy) is 1. The minimum absolute atomic E-state index is 0.0727. The average Bonchev–Trinajstić information content (AvgIpc) is 2.94. The van der Waals surface area contributed by atoms with Crippen molar-refractivity contribution in [2.45, 2.75) is 6.67 Å². The van der Waals surface area contributed by atoms with Crippen molar-refractivity contribution in [1.29, 1.82) is 0 Å². The summed E-state index contributed by atoms with van der Waals surface area (Å²) in [5.74, 6) is -0.252. The molecule has 1 aromatic heterocycles. The van der Waals surface area contributed by atoms with E-state index in [1.807, 2.05) is 28.8 Å². The number of aromatic hydroxyl groups is 1. The molecule has 3 aromatic rings. The molecular formula is C19H19FN4O2. The molecule has 2 heterocycles. The Morgan fingerprint density at radius 3 is 2.50 bits per heavy atom. The van der Waals surface area contributed by atoms with E-state index >= 15 is 0 Å². The lowest BCUT2D eigenvalue weighted by Gasteiger charge is -2.27. The third kappa shape index (κ3) is 3.31. The number of morpholine rings is 1. The van der Waals surface area contributed by atoms with Crippen molar-refractivity contribution < 1.29 is 14.2 Å². The minimum atomic E-state index is -0.325. The Labute approximate surface area is 150 Å². The summed E-state index contributed by atoms with van der Waals surface area (Å²) in [6, 6.07) is 13.4. The Morgan fingerprint density at radius 2 is 1.73 bits per heavy atom. The fourth-order valence-electron chi connectivity index (χ4n) is 3.07. The predicted octanol–water partition coefficient (Wildman–Crippen LogP) is 4.19. The smallest absolute Gasteiger partial charge is 0.221 e. The largest absolute Gasteiger partial charge is 0.493 e. The Bertz CT molecular complexity index is 931. The topological polar surface area (TPSA) is 62.4 Å². The number of halogens is 1. The van der Waals surface area contributed by atoms with Gasteiger partial charge >= 0.3 is 0 Å². The summed E-state index contributed by atoms with van der Waals surface area (Å²) < 4.78 is 20.2. The van der Waals surface area contributed by atoms with Crippen molar-refractivity contribution in [3.05, 3.63) is 54.3 Å². The van der Waals surface area contributed by atoms with Crippen molar-refractivity contribution in [2.75, 3.05) is 26.3 Å². The van der Waals surface area contributed by atoms with Gasteiger partial charge in [-0.3, -0.25) is 9.47 Å². The predicted molar refractivity (Wildman–Crippen MR) is 96.6 cm³/mol. The van der Waals surface area contributed by atoms with Gasteiger partial charge in [0.2, 0.25) is 5.88 Å². The lowest BCUT2D eigenvalue weighted by molar-refractivity contribution is 0.0231. The molecule has 2 aromatic carbocycles. The van der Waals surface area contributed by atoms with E-state index in [0.29, 0.717) is 31.3 Å². The average molecular weight is 354 g/mol. The lowest BCUT2D eigenvalue weighted by Crippen LogP contribution is -2.37. The molecule has 134 valence electrons. The van der Waals surface area contributed by atoms with Crippen LogP contribution in [0.15, 0.2) is 58.8 Å². The summed E-state index contributed by atoms with van der Waals surface area (Å²) in [4.78, 5) is 2.22. The number of hydrogen-bond donors (Lipinski definition) is 1. The Balaban J connectivity index is 1.70. The first kappa shape index (κ1) is 16.7. The molecule has 7 heteroatoms. The minimum Gasteiger partial charge on any atom is -0.493 e. The van der Waals surface area contributed by atoms with E-state index in [1.165, 1.54) is 12.1 Å². The summed E-state index contributed by atoms with van der Waals surface area (Å²) in [6.07, 6.45) is 0. The molecule has 1 saturated heterocycles. The molecule has 0 atom stereocenters. The van der Waals surface area contributed by atoms with Gasteiger partial charge in [0.05, 0.1) is 31.1 Å². The van der Waals surface area contributed by atoms with Crippen molar-refractivity contribution >= 4 is 22.3 Å². The molecule has 0 bridgehead atoms. The van der Waals surface area contributed by atoms with Crippen molar-refractivity contribution in [3.8, 4) is 5.88 Å². The van der Waals surface area contributed by atoms with Gasteiger partial charge in [0.15, 0.2) is 5.69 Å². The fraction of sp³-hybridized carbons (Fsp3) is 0.263. The molecule has 6 nitrogen and oxygen atoms in total. The lowest BCUT2D eigenvalue weighted by atomic mass is 10.2. The normalized spacial score (nSPS) is 15.9. The molecule has 0 spiro atoms. The molecule has 1 N–H and O–H groups in total. The number of aromatic nitrogens is 1. The first-order valence-corrected chi connectivity index (χ1v) is 8.50. The van der Waals surface area contributed by atoms with Gasteiger partial charge in [-0.2, -0.15) is 5.11 Å². The van der Waals surface area contributed by atoms with Gasteiger partial charge in [-0.1, -0.05) is 18.2 Å². The van der Waals surface area contributed by atoms with Gasteiger partial charge in [-0.05, 0) is 30.3 Å². The molecule has 0 unspecified atom stereocenters. The van der Waals surface area contributed by atoms with E-state index in [2.05, 4.69) is 15.1 Å². The maximum atomic E-state index is 13.0. The first-order valence-electron chi connectivity index (χ1n) is 8.50. The van der Waals surface area contributed by atoms with E-state index in [-0.39, 0.29) is 11.7 Å². The molecule has 1 fully saturated rings. The second-order valence-corrected chi connectivity index (χ2v) is 6.17. The first-order chi connectivity index (χ1) is 12.7. The molecule has 1 aliphatic heterocycles. The number of nitrogens with zero attached hydrogens (tertiary/aromatic N) is 4. The van der Waals surface area contributed by atoms with Crippen LogP contribution in [0.2, 0.25) is 0 Å². The fourth-order valence-corrected chi connectivity index (χ4v) is 3.07. The van der Waals surface area contributed by atoms with Gasteiger partial charge in [0.25, 0.3) is 0 Å². The number of rotatable bonds is 4. The highest BCUT2D eigenvalue weighted by atomic mass is 19.1. The maximum absolute atomic E-state index is 13.0. The van der Waals surface area contributed by atoms with Crippen molar-refractivity contribution in [3.63, 3.8) is 0 Å². The van der Waals surface area contributed by atoms with E-state index < -0.39 is 0 Å². The van der Waals surface area contributed by atoms with Crippen LogP contribution in [0.3, 0.4) is 0 Å². The number of hydrogen-bond acceptors (Lipinski definition) is 5. The zero-order valence-electron chi connectivity index (χ0n) is 14.2. The molecule has 0 radical (unpaired) electrons. The Hall–Kier alpha value is -2.77. The number of benzene rings is 2. The van der Waals surface area contributed by atoms with Gasteiger partial charge in [0, 0.05) is 18.5 Å². The third-order valence-corrected chi connectivity index (χ3v) is 4.45. The zero-order chi connectivity index (χ0) is 17.9. The van der Waals surface area contributed by atoms with Crippen LogP contribution in [0.25, 0.3) is 10.9 Å². The summed E-state index contributed by atoms with van der Waals surface area (Å²) in [7, 11) is 0. The van der Waals surface area contributed by atoms with E-state index in [4.69, 9.17) is 4.74 Å². The van der Waals surface area contributed by atoms with Gasteiger partial charge < -0.3 is 9.84 Å². The van der Waals surface area contributed by atoms with E-state index in [1.54, 1.807) is 12.1 Å². The van der Waals surface area contributed by atoms with Crippen LogP contribution in [0.4, 0.5) is 15.8 Å². The number of para-hydroxylation sites is 1. The SMILES string of the molecule is Oc1c(N=Nc2ccc(F)cc2)c2ccccc2n1CN1CCOCC1. The van der Waals surface area contributed by atoms with Crippen molar-refractivity contribution in [1.82, 2.24) is 9.47 Å².